The van der Waals surface area contributed by atoms with Crippen LogP contribution in [0.2, 0.25) is 0 Å². The Bertz CT molecular complexity index is 583. The molecule has 0 saturated heterocycles. The summed E-state index contributed by atoms with van der Waals surface area (Å²) in [6.07, 6.45) is 2.03. The molecule has 0 bridgehead atoms. The summed E-state index contributed by atoms with van der Waals surface area (Å²) in [5.74, 6) is 0.822. The van der Waals surface area contributed by atoms with Gasteiger partial charge in [-0.25, -0.2) is 9.78 Å². The number of anilines is 1. The van der Waals surface area contributed by atoms with Crippen molar-refractivity contribution in [1.29, 1.82) is 0 Å². The van der Waals surface area contributed by atoms with Crippen LogP contribution in [0.4, 0.5) is 9.93 Å². The molecular formula is C14H19N3O2S. The summed E-state index contributed by atoms with van der Waals surface area (Å²) in [6.45, 7) is 5.35. The Kier molecular flexibility index (Phi) is 5.17. The molecule has 0 aliphatic heterocycles. The Morgan fingerprint density at radius 2 is 2.25 bits per heavy atom. The van der Waals surface area contributed by atoms with Crippen LogP contribution in [0.5, 0.6) is 5.75 Å². The Balaban J connectivity index is 2.02. The molecule has 2 N–H and O–H groups in total. The number of carbonyl (C=O) groups excluding carboxylic acids is 1. The molecule has 108 valence electrons. The normalized spacial score (nSPS) is 10.5. The summed E-state index contributed by atoms with van der Waals surface area (Å²) in [5.41, 5.74) is 0.863. The first-order valence-electron chi connectivity index (χ1n) is 6.81. The number of fused-ring (bicyclic) bond motifs is 1. The quantitative estimate of drug-likeness (QED) is 0.800. The van der Waals surface area contributed by atoms with E-state index in [2.05, 4.69) is 22.5 Å². The number of unbranched alkanes of at least 4 members (excludes halogenated alkanes) is 1. The zero-order valence-electron chi connectivity index (χ0n) is 11.7. The molecular weight excluding hydrogens is 274 g/mol. The molecule has 0 fully saturated rings. The zero-order chi connectivity index (χ0) is 14.4. The van der Waals surface area contributed by atoms with E-state index in [0.29, 0.717) is 18.3 Å². The first-order chi connectivity index (χ1) is 9.72. The maximum absolute atomic E-state index is 11.7. The van der Waals surface area contributed by atoms with Crippen molar-refractivity contribution in [1.82, 2.24) is 10.3 Å². The van der Waals surface area contributed by atoms with E-state index < -0.39 is 0 Å². The number of thiazole rings is 1. The van der Waals surface area contributed by atoms with Crippen LogP contribution in [0.15, 0.2) is 18.2 Å². The van der Waals surface area contributed by atoms with Crippen molar-refractivity contribution in [3.63, 3.8) is 0 Å². The maximum atomic E-state index is 11.7. The van der Waals surface area contributed by atoms with E-state index in [1.54, 1.807) is 0 Å². The van der Waals surface area contributed by atoms with E-state index in [0.717, 1.165) is 28.8 Å². The van der Waals surface area contributed by atoms with Gasteiger partial charge >= 0.3 is 6.03 Å². The molecule has 2 rings (SSSR count). The summed E-state index contributed by atoms with van der Waals surface area (Å²) in [7, 11) is 0. The van der Waals surface area contributed by atoms with Gasteiger partial charge in [0, 0.05) is 6.54 Å². The third kappa shape index (κ3) is 3.84. The van der Waals surface area contributed by atoms with Crippen LogP contribution in [0.1, 0.15) is 26.7 Å². The second-order valence-corrected chi connectivity index (χ2v) is 5.35. The zero-order valence-corrected chi connectivity index (χ0v) is 12.5. The van der Waals surface area contributed by atoms with Gasteiger partial charge in [0.25, 0.3) is 0 Å². The van der Waals surface area contributed by atoms with E-state index >= 15 is 0 Å². The standard InChI is InChI=1S/C14H19N3O2S/c1-3-5-8-15-13(18)17-14-16-11-7-6-10(19-4-2)9-12(11)20-14/h6-7,9H,3-5,8H2,1-2H3,(H2,15,16,17,18). The van der Waals surface area contributed by atoms with Gasteiger partial charge in [-0.3, -0.25) is 5.32 Å². The summed E-state index contributed by atoms with van der Waals surface area (Å²) in [5, 5.41) is 6.16. The minimum atomic E-state index is -0.206. The average Bonchev–Trinajstić information content (AvgIpc) is 2.80. The molecule has 0 spiro atoms. The van der Waals surface area contributed by atoms with Gasteiger partial charge in [0.05, 0.1) is 16.8 Å². The van der Waals surface area contributed by atoms with Crippen molar-refractivity contribution < 1.29 is 9.53 Å². The van der Waals surface area contributed by atoms with Crippen molar-refractivity contribution in [3.8, 4) is 5.75 Å². The molecule has 0 saturated carbocycles. The van der Waals surface area contributed by atoms with Crippen molar-refractivity contribution in [2.24, 2.45) is 0 Å². The highest BCUT2D eigenvalue weighted by atomic mass is 32.1. The number of aromatic nitrogens is 1. The fourth-order valence-electron chi connectivity index (χ4n) is 1.73. The third-order valence-corrected chi connectivity index (χ3v) is 3.64. The molecule has 0 unspecified atom stereocenters. The van der Waals surface area contributed by atoms with Gasteiger partial charge < -0.3 is 10.1 Å². The lowest BCUT2D eigenvalue weighted by molar-refractivity contribution is 0.252. The van der Waals surface area contributed by atoms with Crippen LogP contribution in [0.25, 0.3) is 10.2 Å². The number of carbonyl (C=O) groups is 1. The van der Waals surface area contributed by atoms with E-state index in [4.69, 9.17) is 4.74 Å². The monoisotopic (exact) mass is 293 g/mol. The number of urea groups is 1. The van der Waals surface area contributed by atoms with Gasteiger partial charge in [-0.05, 0) is 31.5 Å². The number of nitrogens with zero attached hydrogens (tertiary/aromatic N) is 1. The lowest BCUT2D eigenvalue weighted by atomic mass is 10.3. The molecule has 2 amide bonds. The number of benzene rings is 1. The number of amides is 2. The van der Waals surface area contributed by atoms with E-state index in [1.165, 1.54) is 11.3 Å². The fraction of sp³-hybridized carbons (Fsp3) is 0.429. The molecule has 0 aliphatic carbocycles. The summed E-state index contributed by atoms with van der Waals surface area (Å²) < 4.78 is 6.45. The minimum absolute atomic E-state index is 0.206. The highest BCUT2D eigenvalue weighted by molar-refractivity contribution is 7.22. The molecule has 1 aromatic carbocycles. The summed E-state index contributed by atoms with van der Waals surface area (Å²) >= 11 is 1.44. The molecule has 5 nitrogen and oxygen atoms in total. The third-order valence-electron chi connectivity index (χ3n) is 2.71. The predicted molar refractivity (Wildman–Crippen MR) is 82.7 cm³/mol. The fourth-order valence-corrected chi connectivity index (χ4v) is 2.62. The Hall–Kier alpha value is -1.82. The molecule has 1 aromatic heterocycles. The number of ether oxygens (including phenoxy) is 1. The molecule has 2 aromatic rings. The van der Waals surface area contributed by atoms with Crippen LogP contribution in [-0.2, 0) is 0 Å². The lowest BCUT2D eigenvalue weighted by Gasteiger charge is -2.03. The van der Waals surface area contributed by atoms with Crippen LogP contribution < -0.4 is 15.4 Å². The smallest absolute Gasteiger partial charge is 0.321 e. The second-order valence-electron chi connectivity index (χ2n) is 4.32. The molecule has 0 aliphatic rings. The van der Waals surface area contributed by atoms with Gasteiger partial charge in [-0.15, -0.1) is 0 Å². The van der Waals surface area contributed by atoms with Gasteiger partial charge in [0.1, 0.15) is 5.75 Å². The van der Waals surface area contributed by atoms with Gasteiger partial charge in [-0.2, -0.15) is 0 Å². The van der Waals surface area contributed by atoms with Gasteiger partial charge in [0.15, 0.2) is 5.13 Å². The highest BCUT2D eigenvalue weighted by Gasteiger charge is 2.08. The van der Waals surface area contributed by atoms with E-state index in [-0.39, 0.29) is 6.03 Å². The first-order valence-corrected chi connectivity index (χ1v) is 7.62. The van der Waals surface area contributed by atoms with E-state index in [9.17, 15) is 4.79 Å². The van der Waals surface area contributed by atoms with E-state index in [1.807, 2.05) is 25.1 Å². The van der Waals surface area contributed by atoms with Gasteiger partial charge in [0.2, 0.25) is 0 Å². The highest BCUT2D eigenvalue weighted by Crippen LogP contribution is 2.29. The van der Waals surface area contributed by atoms with Gasteiger partial charge in [-0.1, -0.05) is 24.7 Å². The maximum Gasteiger partial charge on any atom is 0.321 e. The topological polar surface area (TPSA) is 63.2 Å². The molecule has 1 heterocycles. The van der Waals surface area contributed by atoms with Crippen LogP contribution >= 0.6 is 11.3 Å². The SMILES string of the molecule is CCCCNC(=O)Nc1nc2ccc(OCC)cc2s1. The molecule has 0 atom stereocenters. The Morgan fingerprint density at radius 1 is 1.40 bits per heavy atom. The van der Waals surface area contributed by atoms with Crippen molar-refractivity contribution in [2.45, 2.75) is 26.7 Å². The van der Waals surface area contributed by atoms with Crippen LogP contribution in [0.3, 0.4) is 0 Å². The van der Waals surface area contributed by atoms with Crippen molar-refractivity contribution in [3.05, 3.63) is 18.2 Å². The van der Waals surface area contributed by atoms with Crippen LogP contribution in [0, 0.1) is 0 Å². The Labute approximate surface area is 122 Å². The Morgan fingerprint density at radius 3 is 3.00 bits per heavy atom. The first kappa shape index (κ1) is 14.6. The number of rotatable bonds is 6. The average molecular weight is 293 g/mol. The summed E-state index contributed by atoms with van der Waals surface area (Å²) in [6, 6.07) is 5.52. The second kappa shape index (κ2) is 7.09. The lowest BCUT2D eigenvalue weighted by Crippen LogP contribution is -2.29. The minimum Gasteiger partial charge on any atom is -0.494 e. The van der Waals surface area contributed by atoms with Crippen molar-refractivity contribution in [2.75, 3.05) is 18.5 Å². The molecule has 6 heteroatoms. The number of hydrogen-bond donors (Lipinski definition) is 2. The van der Waals surface area contributed by atoms with Crippen LogP contribution in [-0.4, -0.2) is 24.2 Å². The molecule has 0 radical (unpaired) electrons. The predicted octanol–water partition coefficient (Wildman–Crippen LogP) is 3.62. The largest absolute Gasteiger partial charge is 0.494 e. The number of nitrogens with one attached hydrogen (secondary N) is 2. The van der Waals surface area contributed by atoms with Crippen molar-refractivity contribution >= 4 is 32.7 Å². The number of hydrogen-bond acceptors (Lipinski definition) is 4. The molecule has 20 heavy (non-hydrogen) atoms. The summed E-state index contributed by atoms with van der Waals surface area (Å²) in [4.78, 5) is 16.0.